The number of benzene rings is 1. The third-order valence-corrected chi connectivity index (χ3v) is 5.25. The second-order valence-corrected chi connectivity index (χ2v) is 8.97. The lowest BCUT2D eigenvalue weighted by Crippen LogP contribution is -2.42. The largest absolute Gasteiger partial charge is 0.508 e. The quantitative estimate of drug-likeness (QED) is 0.188. The van der Waals surface area contributed by atoms with E-state index in [0.717, 1.165) is 5.56 Å². The standard InChI is InChI=1S/C25H34O12/c1-5-31-20(26)25(3,16-35-22(28)34-11-18-9-7-6-8-10-18)17-37-23(29)36-15-24(2,14-30-4)21(27)33-13-19-12-32-19/h6-10,19H,5,11-17H2,1-4H3. The van der Waals surface area contributed by atoms with Crippen molar-refractivity contribution >= 4 is 24.2 Å². The highest BCUT2D eigenvalue weighted by Gasteiger charge is 2.41. The minimum absolute atomic E-state index is 0.0189. The van der Waals surface area contributed by atoms with Crippen LogP contribution in [-0.4, -0.2) is 83.7 Å². The van der Waals surface area contributed by atoms with E-state index in [2.05, 4.69) is 0 Å². The molecule has 1 heterocycles. The Balaban J connectivity index is 1.87. The van der Waals surface area contributed by atoms with E-state index < -0.39 is 54.9 Å². The molecule has 12 nitrogen and oxygen atoms in total. The Kier molecular flexibility index (Phi) is 11.6. The van der Waals surface area contributed by atoms with Crippen molar-refractivity contribution in [2.24, 2.45) is 10.8 Å². The molecule has 0 aromatic heterocycles. The van der Waals surface area contributed by atoms with E-state index >= 15 is 0 Å². The average molecular weight is 527 g/mol. The number of carbonyl (C=O) groups excluding carboxylic acids is 4. The van der Waals surface area contributed by atoms with Crippen LogP contribution in [0.5, 0.6) is 0 Å². The molecule has 0 bridgehead atoms. The fraction of sp³-hybridized carbons (Fsp3) is 0.600. The number of ether oxygens (including phenoxy) is 8. The third kappa shape index (κ3) is 10.3. The summed E-state index contributed by atoms with van der Waals surface area (Å²) in [6.07, 6.45) is -2.28. The summed E-state index contributed by atoms with van der Waals surface area (Å²) >= 11 is 0. The van der Waals surface area contributed by atoms with E-state index in [1.54, 1.807) is 31.2 Å². The minimum Gasteiger partial charge on any atom is -0.465 e. The molecular formula is C25H34O12. The molecule has 3 unspecified atom stereocenters. The molecule has 1 saturated heterocycles. The van der Waals surface area contributed by atoms with Crippen LogP contribution in [0.25, 0.3) is 0 Å². The summed E-state index contributed by atoms with van der Waals surface area (Å²) < 4.78 is 40.6. The van der Waals surface area contributed by atoms with Gasteiger partial charge in [-0.1, -0.05) is 30.3 Å². The highest BCUT2D eigenvalue weighted by atomic mass is 16.7. The van der Waals surface area contributed by atoms with E-state index in [1.165, 1.54) is 21.0 Å². The molecule has 0 spiro atoms. The normalized spacial score (nSPS) is 17.4. The van der Waals surface area contributed by atoms with Crippen molar-refractivity contribution in [3.05, 3.63) is 35.9 Å². The fourth-order valence-electron chi connectivity index (χ4n) is 2.90. The number of methoxy groups -OCH3 is 1. The van der Waals surface area contributed by atoms with Crippen LogP contribution < -0.4 is 0 Å². The highest BCUT2D eigenvalue weighted by molar-refractivity contribution is 5.78. The second-order valence-electron chi connectivity index (χ2n) is 8.97. The lowest BCUT2D eigenvalue weighted by Gasteiger charge is -2.27. The molecule has 1 aromatic rings. The summed E-state index contributed by atoms with van der Waals surface area (Å²) in [5.41, 5.74) is -2.08. The van der Waals surface area contributed by atoms with Crippen LogP contribution in [0.4, 0.5) is 9.59 Å². The van der Waals surface area contributed by atoms with E-state index in [9.17, 15) is 19.2 Å². The molecule has 0 N–H and O–H groups in total. The summed E-state index contributed by atoms with van der Waals surface area (Å²) in [5.74, 6) is -1.38. The van der Waals surface area contributed by atoms with Gasteiger partial charge in [-0.2, -0.15) is 0 Å². The molecular weight excluding hydrogens is 492 g/mol. The van der Waals surface area contributed by atoms with Gasteiger partial charge >= 0.3 is 24.2 Å². The van der Waals surface area contributed by atoms with Crippen molar-refractivity contribution in [2.75, 3.05) is 53.4 Å². The molecule has 0 amide bonds. The Bertz CT molecular complexity index is 900. The Morgan fingerprint density at radius 3 is 1.84 bits per heavy atom. The first-order valence-corrected chi connectivity index (χ1v) is 11.7. The fourth-order valence-corrected chi connectivity index (χ4v) is 2.90. The number of hydrogen-bond donors (Lipinski definition) is 0. The first-order valence-electron chi connectivity index (χ1n) is 11.7. The van der Waals surface area contributed by atoms with Gasteiger partial charge in [-0.15, -0.1) is 0 Å². The predicted octanol–water partition coefficient (Wildman–Crippen LogP) is 2.66. The maximum atomic E-state index is 12.5. The minimum atomic E-state index is -1.54. The summed E-state index contributed by atoms with van der Waals surface area (Å²) in [5, 5.41) is 0. The molecule has 0 radical (unpaired) electrons. The van der Waals surface area contributed by atoms with Crippen molar-refractivity contribution in [1.82, 2.24) is 0 Å². The van der Waals surface area contributed by atoms with Gasteiger partial charge in [-0.05, 0) is 26.3 Å². The zero-order valence-corrected chi connectivity index (χ0v) is 21.5. The molecule has 2 rings (SSSR count). The van der Waals surface area contributed by atoms with Crippen LogP contribution in [0, 0.1) is 10.8 Å². The third-order valence-electron chi connectivity index (χ3n) is 5.25. The van der Waals surface area contributed by atoms with Gasteiger partial charge in [0.2, 0.25) is 0 Å². The molecule has 0 aliphatic carbocycles. The monoisotopic (exact) mass is 526 g/mol. The molecule has 12 heteroatoms. The van der Waals surface area contributed by atoms with E-state index in [-0.39, 0.29) is 32.5 Å². The van der Waals surface area contributed by atoms with Gasteiger partial charge in [0.05, 0.1) is 19.8 Å². The lowest BCUT2D eigenvalue weighted by molar-refractivity contribution is -0.162. The lowest BCUT2D eigenvalue weighted by atomic mass is 9.93. The molecule has 206 valence electrons. The van der Waals surface area contributed by atoms with Gasteiger partial charge in [-0.25, -0.2) is 9.59 Å². The van der Waals surface area contributed by atoms with E-state index in [0.29, 0.717) is 6.61 Å². The smallest absolute Gasteiger partial charge is 0.465 e. The molecule has 1 aliphatic heterocycles. The second kappa shape index (κ2) is 14.4. The summed E-state index contributed by atoms with van der Waals surface area (Å²) in [4.78, 5) is 49.3. The molecule has 0 saturated carbocycles. The van der Waals surface area contributed by atoms with Crippen LogP contribution in [0.2, 0.25) is 0 Å². The first kappa shape index (κ1) is 29.8. The number of epoxide rings is 1. The first-order chi connectivity index (χ1) is 17.6. The predicted molar refractivity (Wildman–Crippen MR) is 125 cm³/mol. The number of rotatable bonds is 15. The van der Waals surface area contributed by atoms with Crippen LogP contribution >= 0.6 is 0 Å². The molecule has 1 fully saturated rings. The average Bonchev–Trinajstić information content (AvgIpc) is 3.72. The van der Waals surface area contributed by atoms with Crippen molar-refractivity contribution in [1.29, 1.82) is 0 Å². The van der Waals surface area contributed by atoms with Crippen molar-refractivity contribution < 1.29 is 57.1 Å². The maximum Gasteiger partial charge on any atom is 0.508 e. The van der Waals surface area contributed by atoms with Crippen LogP contribution in [0.1, 0.15) is 26.3 Å². The summed E-state index contributed by atoms with van der Waals surface area (Å²) in [7, 11) is 1.39. The van der Waals surface area contributed by atoms with Gasteiger partial charge in [-0.3, -0.25) is 9.59 Å². The van der Waals surface area contributed by atoms with Crippen LogP contribution in [0.15, 0.2) is 30.3 Å². The van der Waals surface area contributed by atoms with E-state index in [1.807, 2.05) is 6.07 Å². The summed E-state index contributed by atoms with van der Waals surface area (Å²) in [6, 6.07) is 8.96. The Morgan fingerprint density at radius 1 is 0.811 bits per heavy atom. The van der Waals surface area contributed by atoms with Crippen LogP contribution in [-0.2, 0) is 54.1 Å². The Labute approximate surface area is 215 Å². The SMILES string of the molecule is CCOC(=O)C(C)(COC(=O)OCc1ccccc1)COC(=O)OCC(C)(COC)C(=O)OCC1CO1. The molecule has 3 atom stereocenters. The Morgan fingerprint density at radius 2 is 1.32 bits per heavy atom. The van der Waals surface area contributed by atoms with Crippen molar-refractivity contribution in [3.63, 3.8) is 0 Å². The van der Waals surface area contributed by atoms with Gasteiger partial charge in [0.25, 0.3) is 0 Å². The zero-order valence-electron chi connectivity index (χ0n) is 21.5. The summed E-state index contributed by atoms with van der Waals surface area (Å²) in [6.45, 7) is 3.67. The van der Waals surface area contributed by atoms with Gasteiger partial charge in [0.15, 0.2) is 0 Å². The zero-order chi connectivity index (χ0) is 27.3. The van der Waals surface area contributed by atoms with Gasteiger partial charge < -0.3 is 37.9 Å². The molecule has 1 aromatic carbocycles. The van der Waals surface area contributed by atoms with Crippen molar-refractivity contribution in [2.45, 2.75) is 33.5 Å². The van der Waals surface area contributed by atoms with Gasteiger partial charge in [0, 0.05) is 7.11 Å². The molecule has 37 heavy (non-hydrogen) atoms. The van der Waals surface area contributed by atoms with E-state index in [4.69, 9.17) is 37.9 Å². The van der Waals surface area contributed by atoms with Crippen molar-refractivity contribution in [3.8, 4) is 0 Å². The van der Waals surface area contributed by atoms with Crippen LogP contribution in [0.3, 0.4) is 0 Å². The number of esters is 2. The maximum absolute atomic E-state index is 12.5. The number of carbonyl (C=O) groups is 4. The Hall–Kier alpha value is -3.38. The van der Waals surface area contributed by atoms with Gasteiger partial charge in [0.1, 0.15) is 50.0 Å². The number of hydrogen-bond acceptors (Lipinski definition) is 12. The molecule has 1 aliphatic rings. The highest BCUT2D eigenvalue weighted by Crippen LogP contribution is 2.23. The topological polar surface area (TPSA) is 145 Å².